The van der Waals surface area contributed by atoms with Gasteiger partial charge in [-0.2, -0.15) is 5.10 Å². The van der Waals surface area contributed by atoms with Gasteiger partial charge >= 0.3 is 0 Å². The zero-order valence-electron chi connectivity index (χ0n) is 9.50. The Morgan fingerprint density at radius 2 is 2.33 bits per heavy atom. The molecule has 0 atom stereocenters. The van der Waals surface area contributed by atoms with E-state index in [1.54, 1.807) is 11.7 Å². The van der Waals surface area contributed by atoms with E-state index in [9.17, 15) is 4.79 Å². The van der Waals surface area contributed by atoms with Crippen molar-refractivity contribution in [2.75, 3.05) is 13.6 Å². The summed E-state index contributed by atoms with van der Waals surface area (Å²) in [7, 11) is 3.53. The molecule has 15 heavy (non-hydrogen) atoms. The summed E-state index contributed by atoms with van der Waals surface area (Å²) in [6.45, 7) is 3.10. The maximum atomic E-state index is 11.0. The Bertz CT molecular complexity index is 332. The minimum absolute atomic E-state index is 0.00283. The molecule has 0 spiro atoms. The molecule has 84 valence electrons. The molecule has 0 aliphatic heterocycles. The molecule has 0 aliphatic carbocycles. The number of likely N-dealkylation sites (N-methyl/N-ethyl adjacent to an activating group) is 1. The molecule has 1 aromatic heterocycles. The van der Waals surface area contributed by atoms with Gasteiger partial charge in [0.05, 0.1) is 12.2 Å². The lowest BCUT2D eigenvalue weighted by atomic mass is 10.2. The number of aromatic nitrogens is 2. The summed E-state index contributed by atoms with van der Waals surface area (Å²) in [5.41, 5.74) is 2.24. The number of carbonyl (C=O) groups is 1. The first-order valence-electron chi connectivity index (χ1n) is 5.10. The Morgan fingerprint density at radius 3 is 2.93 bits per heavy atom. The fraction of sp³-hybridized carbons (Fsp3) is 0.600. The Labute approximate surface area is 89.9 Å². The van der Waals surface area contributed by atoms with Crippen molar-refractivity contribution < 1.29 is 4.79 Å². The van der Waals surface area contributed by atoms with Crippen molar-refractivity contribution in [1.29, 1.82) is 0 Å². The molecule has 0 aromatic carbocycles. The van der Waals surface area contributed by atoms with Crippen LogP contribution in [-0.4, -0.2) is 29.3 Å². The Balaban J connectivity index is 2.46. The largest absolute Gasteiger partial charge is 0.358 e. The maximum absolute atomic E-state index is 11.0. The van der Waals surface area contributed by atoms with Gasteiger partial charge in [-0.05, 0) is 6.42 Å². The monoisotopic (exact) mass is 210 g/mol. The van der Waals surface area contributed by atoms with Crippen molar-refractivity contribution in [2.45, 2.75) is 19.9 Å². The third-order valence-corrected chi connectivity index (χ3v) is 2.21. The van der Waals surface area contributed by atoms with Gasteiger partial charge in [0.2, 0.25) is 5.91 Å². The second kappa shape index (κ2) is 5.50. The lowest BCUT2D eigenvalue weighted by Crippen LogP contribution is -2.31. The third kappa shape index (κ3) is 3.36. The summed E-state index contributed by atoms with van der Waals surface area (Å²) in [6.07, 6.45) is 2.90. The molecule has 0 fully saturated rings. The molecule has 0 saturated heterocycles. The summed E-state index contributed by atoms with van der Waals surface area (Å²) in [5.74, 6) is -0.00283. The average molecular weight is 210 g/mol. The van der Waals surface area contributed by atoms with Crippen molar-refractivity contribution in [2.24, 2.45) is 7.05 Å². The van der Waals surface area contributed by atoms with Crippen LogP contribution in [0.2, 0.25) is 0 Å². The summed E-state index contributed by atoms with van der Waals surface area (Å²) in [4.78, 5) is 11.0. The number of aryl methyl sites for hydroxylation is 2. The van der Waals surface area contributed by atoms with Crippen LogP contribution in [0.4, 0.5) is 0 Å². The number of carbonyl (C=O) groups excluding carboxylic acids is 1. The topological polar surface area (TPSA) is 59.0 Å². The fourth-order valence-electron chi connectivity index (χ4n) is 1.43. The molecule has 1 aromatic rings. The highest BCUT2D eigenvalue weighted by molar-refractivity contribution is 5.77. The number of nitrogens with one attached hydrogen (secondary N) is 2. The van der Waals surface area contributed by atoms with Crippen LogP contribution in [0, 0.1) is 0 Å². The van der Waals surface area contributed by atoms with Crippen LogP contribution in [0.5, 0.6) is 0 Å². The van der Waals surface area contributed by atoms with Gasteiger partial charge in [-0.1, -0.05) is 6.92 Å². The van der Waals surface area contributed by atoms with E-state index in [1.807, 2.05) is 13.2 Å². The van der Waals surface area contributed by atoms with Crippen molar-refractivity contribution in [3.05, 3.63) is 17.5 Å². The fourth-order valence-corrected chi connectivity index (χ4v) is 1.43. The van der Waals surface area contributed by atoms with Gasteiger partial charge in [0.15, 0.2) is 0 Å². The number of hydrogen-bond donors (Lipinski definition) is 2. The third-order valence-electron chi connectivity index (χ3n) is 2.21. The van der Waals surface area contributed by atoms with Crippen LogP contribution < -0.4 is 10.6 Å². The van der Waals surface area contributed by atoms with Gasteiger partial charge in [0.25, 0.3) is 0 Å². The molecule has 2 N–H and O–H groups in total. The molecule has 0 bridgehead atoms. The summed E-state index contributed by atoms with van der Waals surface area (Å²) >= 11 is 0. The molecule has 0 saturated carbocycles. The van der Waals surface area contributed by atoms with Crippen molar-refractivity contribution in [3.63, 3.8) is 0 Å². The predicted molar refractivity (Wildman–Crippen MR) is 58.4 cm³/mol. The van der Waals surface area contributed by atoms with Gasteiger partial charge in [0.1, 0.15) is 0 Å². The first-order chi connectivity index (χ1) is 7.17. The number of amides is 1. The van der Waals surface area contributed by atoms with Gasteiger partial charge in [-0.15, -0.1) is 0 Å². The number of rotatable bonds is 5. The van der Waals surface area contributed by atoms with Crippen LogP contribution in [0.25, 0.3) is 0 Å². The predicted octanol–water partition coefficient (Wildman–Crippen LogP) is -0.182. The highest BCUT2D eigenvalue weighted by Gasteiger charge is 2.05. The van der Waals surface area contributed by atoms with E-state index in [0.717, 1.165) is 17.7 Å². The van der Waals surface area contributed by atoms with Gasteiger partial charge in [-0.25, -0.2) is 0 Å². The van der Waals surface area contributed by atoms with E-state index >= 15 is 0 Å². The second-order valence-corrected chi connectivity index (χ2v) is 3.40. The zero-order valence-corrected chi connectivity index (χ0v) is 9.50. The molecule has 1 rings (SSSR count). The molecule has 5 heteroatoms. The maximum Gasteiger partial charge on any atom is 0.233 e. The Morgan fingerprint density at radius 1 is 1.60 bits per heavy atom. The molecular weight excluding hydrogens is 192 g/mol. The summed E-state index contributed by atoms with van der Waals surface area (Å²) in [6, 6.07) is 0. The summed E-state index contributed by atoms with van der Waals surface area (Å²) < 4.78 is 1.80. The van der Waals surface area contributed by atoms with Gasteiger partial charge < -0.3 is 10.6 Å². The van der Waals surface area contributed by atoms with E-state index in [2.05, 4.69) is 22.7 Å². The quantitative estimate of drug-likeness (QED) is 0.708. The Kier molecular flexibility index (Phi) is 4.30. The first kappa shape index (κ1) is 11.7. The smallest absolute Gasteiger partial charge is 0.233 e. The van der Waals surface area contributed by atoms with Crippen molar-refractivity contribution in [3.8, 4) is 0 Å². The molecule has 0 unspecified atom stereocenters. The van der Waals surface area contributed by atoms with Crippen molar-refractivity contribution >= 4 is 5.91 Å². The lowest BCUT2D eigenvalue weighted by molar-refractivity contribution is -0.119. The minimum atomic E-state index is -0.00283. The standard InChI is InChI=1S/C10H18N4O/c1-4-9-8(7-14(3)13-9)5-12-6-10(15)11-2/h7,12H,4-6H2,1-3H3,(H,11,15). The van der Waals surface area contributed by atoms with Crippen molar-refractivity contribution in [1.82, 2.24) is 20.4 Å². The van der Waals surface area contributed by atoms with E-state index < -0.39 is 0 Å². The molecule has 1 amide bonds. The van der Waals surface area contributed by atoms with E-state index in [-0.39, 0.29) is 5.91 Å². The molecular formula is C10H18N4O. The zero-order chi connectivity index (χ0) is 11.3. The van der Waals surface area contributed by atoms with E-state index in [4.69, 9.17) is 0 Å². The van der Waals surface area contributed by atoms with Crippen LogP contribution in [0.15, 0.2) is 6.20 Å². The van der Waals surface area contributed by atoms with E-state index in [1.165, 1.54) is 0 Å². The molecule has 0 radical (unpaired) electrons. The molecule has 1 heterocycles. The van der Waals surface area contributed by atoms with Gasteiger partial charge in [-0.3, -0.25) is 9.48 Å². The Hall–Kier alpha value is -1.36. The SMILES string of the molecule is CCc1nn(C)cc1CNCC(=O)NC. The molecule has 0 aliphatic rings. The normalized spacial score (nSPS) is 10.3. The first-order valence-corrected chi connectivity index (χ1v) is 5.10. The van der Waals surface area contributed by atoms with Crippen LogP contribution in [0.3, 0.4) is 0 Å². The number of nitrogens with zero attached hydrogens (tertiary/aromatic N) is 2. The van der Waals surface area contributed by atoms with Crippen LogP contribution in [-0.2, 0) is 24.8 Å². The van der Waals surface area contributed by atoms with Crippen LogP contribution >= 0.6 is 0 Å². The number of hydrogen-bond acceptors (Lipinski definition) is 3. The second-order valence-electron chi connectivity index (χ2n) is 3.40. The van der Waals surface area contributed by atoms with Crippen LogP contribution in [0.1, 0.15) is 18.2 Å². The van der Waals surface area contributed by atoms with E-state index in [0.29, 0.717) is 13.1 Å². The highest BCUT2D eigenvalue weighted by Crippen LogP contribution is 2.06. The summed E-state index contributed by atoms with van der Waals surface area (Å²) in [5, 5.41) is 9.96. The minimum Gasteiger partial charge on any atom is -0.358 e. The highest BCUT2D eigenvalue weighted by atomic mass is 16.1. The lowest BCUT2D eigenvalue weighted by Gasteiger charge is -2.02. The van der Waals surface area contributed by atoms with Gasteiger partial charge in [0, 0.05) is 32.4 Å². The average Bonchev–Trinajstić information content (AvgIpc) is 2.58. The molecule has 5 nitrogen and oxygen atoms in total.